The summed E-state index contributed by atoms with van der Waals surface area (Å²) < 4.78 is 5.62. The van der Waals surface area contributed by atoms with Gasteiger partial charge >= 0.3 is 0 Å². The molecular formula is C22H27N3O3. The minimum Gasteiger partial charge on any atom is -0.494 e. The number of hydrogen-bond donors (Lipinski definition) is 2. The highest BCUT2D eigenvalue weighted by molar-refractivity contribution is 6.07. The van der Waals surface area contributed by atoms with Gasteiger partial charge in [-0.1, -0.05) is 13.0 Å². The van der Waals surface area contributed by atoms with Crippen LogP contribution in [0.15, 0.2) is 42.5 Å². The van der Waals surface area contributed by atoms with E-state index in [1.165, 1.54) is 6.42 Å². The van der Waals surface area contributed by atoms with Crippen molar-refractivity contribution in [3.63, 3.8) is 0 Å². The molecule has 3 N–H and O–H groups in total. The molecule has 1 aliphatic rings. The zero-order valence-electron chi connectivity index (χ0n) is 16.2. The highest BCUT2D eigenvalue weighted by atomic mass is 16.5. The van der Waals surface area contributed by atoms with Crippen LogP contribution in [0.3, 0.4) is 0 Å². The fraction of sp³-hybridized carbons (Fsp3) is 0.364. The van der Waals surface area contributed by atoms with E-state index in [9.17, 15) is 9.59 Å². The van der Waals surface area contributed by atoms with Gasteiger partial charge in [0, 0.05) is 24.2 Å². The van der Waals surface area contributed by atoms with Gasteiger partial charge in [0.15, 0.2) is 0 Å². The molecule has 28 heavy (non-hydrogen) atoms. The number of benzene rings is 2. The van der Waals surface area contributed by atoms with Gasteiger partial charge in [-0.2, -0.15) is 0 Å². The van der Waals surface area contributed by atoms with E-state index in [2.05, 4.69) is 10.2 Å². The monoisotopic (exact) mass is 381 g/mol. The fourth-order valence-electron chi connectivity index (χ4n) is 3.34. The fourth-order valence-corrected chi connectivity index (χ4v) is 3.34. The van der Waals surface area contributed by atoms with Gasteiger partial charge in [0.05, 0.1) is 18.0 Å². The number of nitrogens with zero attached hydrogens (tertiary/aromatic N) is 1. The molecule has 0 radical (unpaired) electrons. The summed E-state index contributed by atoms with van der Waals surface area (Å²) in [5.41, 5.74) is 7.82. The second-order valence-corrected chi connectivity index (χ2v) is 6.97. The van der Waals surface area contributed by atoms with Crippen molar-refractivity contribution in [2.45, 2.75) is 32.6 Å². The van der Waals surface area contributed by atoms with Crippen molar-refractivity contribution in [2.24, 2.45) is 5.73 Å². The molecule has 2 aromatic rings. The number of amides is 2. The molecule has 1 heterocycles. The van der Waals surface area contributed by atoms with Crippen LogP contribution < -0.4 is 20.7 Å². The maximum atomic E-state index is 12.9. The average Bonchev–Trinajstić information content (AvgIpc) is 2.73. The van der Waals surface area contributed by atoms with Crippen LogP contribution in [0.25, 0.3) is 0 Å². The average molecular weight is 381 g/mol. The zero-order chi connectivity index (χ0) is 19.9. The molecule has 0 aromatic heterocycles. The first-order valence-corrected chi connectivity index (χ1v) is 9.81. The molecule has 0 saturated carbocycles. The third-order valence-corrected chi connectivity index (χ3v) is 4.80. The number of anilines is 2. The predicted octanol–water partition coefficient (Wildman–Crippen LogP) is 3.82. The van der Waals surface area contributed by atoms with Crippen molar-refractivity contribution in [3.05, 3.63) is 53.6 Å². The normalized spacial score (nSPS) is 13.8. The molecule has 0 aliphatic carbocycles. The van der Waals surface area contributed by atoms with Gasteiger partial charge in [-0.05, 0) is 62.1 Å². The Morgan fingerprint density at radius 2 is 1.86 bits per heavy atom. The van der Waals surface area contributed by atoms with Crippen LogP contribution in [-0.4, -0.2) is 31.5 Å². The van der Waals surface area contributed by atoms with Gasteiger partial charge < -0.3 is 20.7 Å². The van der Waals surface area contributed by atoms with Crippen LogP contribution >= 0.6 is 0 Å². The van der Waals surface area contributed by atoms with E-state index in [1.807, 2.05) is 19.1 Å². The minimum absolute atomic E-state index is 0.248. The third-order valence-electron chi connectivity index (χ3n) is 4.80. The number of primary amides is 1. The Bertz CT molecular complexity index is 845. The second-order valence-electron chi connectivity index (χ2n) is 6.97. The molecule has 2 aromatic carbocycles. The third kappa shape index (κ3) is 4.82. The van der Waals surface area contributed by atoms with Crippen molar-refractivity contribution in [1.29, 1.82) is 0 Å². The predicted molar refractivity (Wildman–Crippen MR) is 111 cm³/mol. The largest absolute Gasteiger partial charge is 0.494 e. The SMILES string of the molecule is CCCOc1cccc(C(=O)Nc2cc(C(N)=O)ccc2N2CCCCC2)c1. The van der Waals surface area contributed by atoms with Crippen molar-refractivity contribution < 1.29 is 14.3 Å². The molecule has 0 spiro atoms. The first-order chi connectivity index (χ1) is 13.6. The van der Waals surface area contributed by atoms with Gasteiger partial charge in [0.25, 0.3) is 5.91 Å². The van der Waals surface area contributed by atoms with Crippen molar-refractivity contribution >= 4 is 23.2 Å². The molecule has 6 heteroatoms. The highest BCUT2D eigenvalue weighted by Crippen LogP contribution is 2.30. The van der Waals surface area contributed by atoms with Crippen molar-refractivity contribution in [2.75, 3.05) is 29.9 Å². The van der Waals surface area contributed by atoms with E-state index in [4.69, 9.17) is 10.5 Å². The summed E-state index contributed by atoms with van der Waals surface area (Å²) in [6, 6.07) is 12.3. The zero-order valence-corrected chi connectivity index (χ0v) is 16.2. The van der Waals surface area contributed by atoms with Crippen LogP contribution in [0.2, 0.25) is 0 Å². The Hall–Kier alpha value is -3.02. The van der Waals surface area contributed by atoms with Gasteiger partial charge in [-0.15, -0.1) is 0 Å². The Balaban J connectivity index is 1.86. The molecule has 1 fully saturated rings. The number of carbonyl (C=O) groups excluding carboxylic acids is 2. The first-order valence-electron chi connectivity index (χ1n) is 9.81. The number of rotatable bonds is 7. The molecule has 3 rings (SSSR count). The summed E-state index contributed by atoms with van der Waals surface area (Å²) in [6.07, 6.45) is 4.33. The van der Waals surface area contributed by atoms with E-state index in [1.54, 1.807) is 30.3 Å². The number of carbonyl (C=O) groups is 2. The Kier molecular flexibility index (Phi) is 6.53. The number of hydrogen-bond acceptors (Lipinski definition) is 4. The summed E-state index contributed by atoms with van der Waals surface area (Å²) in [4.78, 5) is 26.7. The van der Waals surface area contributed by atoms with Crippen LogP contribution in [-0.2, 0) is 0 Å². The topological polar surface area (TPSA) is 84.7 Å². The lowest BCUT2D eigenvalue weighted by molar-refractivity contribution is 0.0996. The first kappa shape index (κ1) is 19.7. The van der Waals surface area contributed by atoms with Crippen molar-refractivity contribution in [1.82, 2.24) is 0 Å². The lowest BCUT2D eigenvalue weighted by Crippen LogP contribution is -2.30. The van der Waals surface area contributed by atoms with Crippen LogP contribution in [0.4, 0.5) is 11.4 Å². The summed E-state index contributed by atoms with van der Waals surface area (Å²) in [7, 11) is 0. The number of ether oxygens (including phenoxy) is 1. The Morgan fingerprint density at radius 1 is 1.07 bits per heavy atom. The van der Waals surface area contributed by atoms with E-state index in [-0.39, 0.29) is 5.91 Å². The summed E-state index contributed by atoms with van der Waals surface area (Å²) in [6.45, 7) is 4.49. The molecule has 6 nitrogen and oxygen atoms in total. The molecule has 148 valence electrons. The molecule has 0 bridgehead atoms. The molecular weight excluding hydrogens is 354 g/mol. The lowest BCUT2D eigenvalue weighted by atomic mass is 10.1. The molecule has 0 unspecified atom stereocenters. The van der Waals surface area contributed by atoms with Crippen molar-refractivity contribution in [3.8, 4) is 5.75 Å². The molecule has 1 saturated heterocycles. The van der Waals surface area contributed by atoms with E-state index in [0.717, 1.165) is 38.0 Å². The van der Waals surface area contributed by atoms with E-state index >= 15 is 0 Å². The quantitative estimate of drug-likeness (QED) is 0.764. The summed E-state index contributed by atoms with van der Waals surface area (Å²) in [5.74, 6) is -0.103. The Morgan fingerprint density at radius 3 is 2.57 bits per heavy atom. The number of nitrogens with one attached hydrogen (secondary N) is 1. The van der Waals surface area contributed by atoms with E-state index < -0.39 is 5.91 Å². The lowest BCUT2D eigenvalue weighted by Gasteiger charge is -2.30. The molecule has 2 amide bonds. The summed E-state index contributed by atoms with van der Waals surface area (Å²) in [5, 5.41) is 2.96. The minimum atomic E-state index is -0.518. The van der Waals surface area contributed by atoms with Crippen LogP contribution in [0.5, 0.6) is 5.75 Å². The van der Waals surface area contributed by atoms with Gasteiger partial charge in [0.2, 0.25) is 5.91 Å². The smallest absolute Gasteiger partial charge is 0.255 e. The van der Waals surface area contributed by atoms with Gasteiger partial charge in [0.1, 0.15) is 5.75 Å². The molecule has 0 atom stereocenters. The number of piperidine rings is 1. The van der Waals surface area contributed by atoms with Crippen LogP contribution in [0.1, 0.15) is 53.3 Å². The standard InChI is InChI=1S/C22H27N3O3/c1-2-13-28-18-8-6-7-17(14-18)22(27)24-19-15-16(21(23)26)9-10-20(19)25-11-4-3-5-12-25/h6-10,14-15H,2-5,11-13H2,1H3,(H2,23,26)(H,24,27). The Labute approximate surface area is 165 Å². The van der Waals surface area contributed by atoms with Gasteiger partial charge in [-0.25, -0.2) is 0 Å². The summed E-state index contributed by atoms with van der Waals surface area (Å²) >= 11 is 0. The van der Waals surface area contributed by atoms with Gasteiger partial charge in [-0.3, -0.25) is 9.59 Å². The highest BCUT2D eigenvalue weighted by Gasteiger charge is 2.18. The second kappa shape index (κ2) is 9.26. The molecule has 1 aliphatic heterocycles. The van der Waals surface area contributed by atoms with E-state index in [0.29, 0.717) is 29.2 Å². The maximum absolute atomic E-state index is 12.9. The number of nitrogens with two attached hydrogens (primary N) is 1. The maximum Gasteiger partial charge on any atom is 0.255 e. The van der Waals surface area contributed by atoms with Crippen LogP contribution in [0, 0.1) is 0 Å².